The third-order valence-corrected chi connectivity index (χ3v) is 2.48. The number of nitrogens with two attached hydrogens (primary N) is 1. The highest BCUT2D eigenvalue weighted by Crippen LogP contribution is 2.25. The van der Waals surface area contributed by atoms with E-state index in [0.717, 1.165) is 25.7 Å². The minimum atomic E-state index is 0.144. The van der Waals surface area contributed by atoms with Crippen LogP contribution in [0.15, 0.2) is 0 Å². The molecule has 0 aromatic heterocycles. The number of carbonyl (C=O) groups excluding carboxylic acids is 1. The Bertz CT molecular complexity index is 153. The highest BCUT2D eigenvalue weighted by Gasteiger charge is 2.25. The molecule has 0 spiro atoms. The van der Waals surface area contributed by atoms with Gasteiger partial charge in [-0.15, -0.1) is 0 Å². The fraction of sp³-hybridized carbons (Fsp3) is 0.875. The molecule has 1 amide bonds. The summed E-state index contributed by atoms with van der Waals surface area (Å²) in [6.45, 7) is 0. The first kappa shape index (κ1) is 9.48. The van der Waals surface area contributed by atoms with Crippen molar-refractivity contribution in [1.29, 1.82) is 0 Å². The van der Waals surface area contributed by atoms with Crippen LogP contribution in [0.25, 0.3) is 0 Å². The molecule has 1 saturated carbocycles. The molecular formula is C8H16N2O2. The van der Waals surface area contributed by atoms with Crippen molar-refractivity contribution >= 4 is 5.91 Å². The third-order valence-electron chi connectivity index (χ3n) is 2.48. The average Bonchev–Trinajstić information content (AvgIpc) is 2.17. The van der Waals surface area contributed by atoms with Crippen LogP contribution in [-0.4, -0.2) is 19.1 Å². The van der Waals surface area contributed by atoms with Crippen LogP contribution in [0.1, 0.15) is 25.7 Å². The number of hydrogen-bond donors (Lipinski definition) is 2. The second kappa shape index (κ2) is 4.42. The van der Waals surface area contributed by atoms with Crippen molar-refractivity contribution in [2.24, 2.45) is 11.8 Å². The summed E-state index contributed by atoms with van der Waals surface area (Å²) in [6.07, 6.45) is 3.73. The van der Waals surface area contributed by atoms with E-state index in [0.29, 0.717) is 0 Å². The quantitative estimate of drug-likeness (QED) is 0.584. The number of nitrogens with one attached hydrogen (secondary N) is 1. The Labute approximate surface area is 72.4 Å². The molecule has 1 aliphatic carbocycles. The normalized spacial score (nSPS) is 29.8. The largest absolute Gasteiger partial charge is 0.359 e. The SMILES string of the molecule is CNC(=O)[C@H]1CC[C@@H](ON)CC1. The summed E-state index contributed by atoms with van der Waals surface area (Å²) in [4.78, 5) is 15.9. The summed E-state index contributed by atoms with van der Waals surface area (Å²) >= 11 is 0. The Morgan fingerprint density at radius 3 is 2.42 bits per heavy atom. The predicted molar refractivity (Wildman–Crippen MR) is 45.1 cm³/mol. The highest BCUT2D eigenvalue weighted by atomic mass is 16.6. The van der Waals surface area contributed by atoms with Crippen molar-refractivity contribution in [1.82, 2.24) is 5.32 Å². The molecule has 3 N–H and O–H groups in total. The molecule has 0 heterocycles. The Kier molecular flexibility index (Phi) is 3.49. The smallest absolute Gasteiger partial charge is 0.222 e. The standard InChI is InChI=1S/C8H16N2O2/c1-10-8(11)6-2-4-7(12-9)5-3-6/h6-7H,2-5,9H2,1H3,(H,10,11)/t6-,7+. The summed E-state index contributed by atoms with van der Waals surface area (Å²) < 4.78 is 0. The molecule has 1 rings (SSSR count). The molecule has 70 valence electrons. The molecule has 0 aromatic rings. The first-order valence-electron chi connectivity index (χ1n) is 4.35. The fourth-order valence-corrected chi connectivity index (χ4v) is 1.67. The van der Waals surface area contributed by atoms with Crippen LogP contribution in [0.4, 0.5) is 0 Å². The Morgan fingerprint density at radius 2 is 2.00 bits per heavy atom. The molecule has 4 heteroatoms. The van der Waals surface area contributed by atoms with Crippen LogP contribution in [0.2, 0.25) is 0 Å². The Morgan fingerprint density at radius 1 is 1.42 bits per heavy atom. The van der Waals surface area contributed by atoms with Crippen LogP contribution >= 0.6 is 0 Å². The summed E-state index contributed by atoms with van der Waals surface area (Å²) in [7, 11) is 1.67. The van der Waals surface area contributed by atoms with Gasteiger partial charge < -0.3 is 10.2 Å². The lowest BCUT2D eigenvalue weighted by molar-refractivity contribution is -0.126. The second-order valence-corrected chi connectivity index (χ2v) is 3.22. The number of amides is 1. The van der Waals surface area contributed by atoms with Crippen LogP contribution in [0.3, 0.4) is 0 Å². The van der Waals surface area contributed by atoms with E-state index in [1.165, 1.54) is 0 Å². The van der Waals surface area contributed by atoms with Gasteiger partial charge in [0.15, 0.2) is 0 Å². The maximum Gasteiger partial charge on any atom is 0.222 e. The Balaban J connectivity index is 2.30. The summed E-state index contributed by atoms with van der Waals surface area (Å²) in [5, 5.41) is 2.66. The third kappa shape index (κ3) is 2.19. The lowest BCUT2D eigenvalue weighted by Crippen LogP contribution is -2.33. The molecule has 12 heavy (non-hydrogen) atoms. The first-order valence-corrected chi connectivity index (χ1v) is 4.35. The molecule has 0 atom stereocenters. The van der Waals surface area contributed by atoms with Gasteiger partial charge in [0.2, 0.25) is 5.91 Å². The van der Waals surface area contributed by atoms with Crippen LogP contribution in [0.5, 0.6) is 0 Å². The minimum absolute atomic E-state index is 0.144. The van der Waals surface area contributed by atoms with E-state index in [-0.39, 0.29) is 17.9 Å². The van der Waals surface area contributed by atoms with Gasteiger partial charge in [-0.1, -0.05) is 0 Å². The van der Waals surface area contributed by atoms with Gasteiger partial charge in [-0.25, -0.2) is 5.90 Å². The zero-order valence-electron chi connectivity index (χ0n) is 7.38. The zero-order valence-corrected chi connectivity index (χ0v) is 7.38. The lowest BCUT2D eigenvalue weighted by atomic mass is 9.87. The molecule has 1 aliphatic rings. The van der Waals surface area contributed by atoms with Crippen molar-refractivity contribution in [3.05, 3.63) is 0 Å². The second-order valence-electron chi connectivity index (χ2n) is 3.22. The van der Waals surface area contributed by atoms with Gasteiger partial charge in [-0.05, 0) is 25.7 Å². The van der Waals surface area contributed by atoms with Gasteiger partial charge in [0, 0.05) is 13.0 Å². The van der Waals surface area contributed by atoms with Crippen molar-refractivity contribution in [2.45, 2.75) is 31.8 Å². The fourth-order valence-electron chi connectivity index (χ4n) is 1.67. The van der Waals surface area contributed by atoms with Gasteiger partial charge in [-0.2, -0.15) is 0 Å². The van der Waals surface area contributed by atoms with E-state index in [9.17, 15) is 4.79 Å². The highest BCUT2D eigenvalue weighted by molar-refractivity contribution is 5.78. The van der Waals surface area contributed by atoms with Crippen molar-refractivity contribution in [2.75, 3.05) is 7.05 Å². The number of hydrogen-bond acceptors (Lipinski definition) is 3. The van der Waals surface area contributed by atoms with Gasteiger partial charge in [-0.3, -0.25) is 4.79 Å². The van der Waals surface area contributed by atoms with Gasteiger partial charge in [0.05, 0.1) is 6.10 Å². The summed E-state index contributed by atoms with van der Waals surface area (Å²) in [5.74, 6) is 5.37. The van der Waals surface area contributed by atoms with Crippen molar-refractivity contribution < 1.29 is 9.63 Å². The monoisotopic (exact) mass is 172 g/mol. The zero-order chi connectivity index (χ0) is 8.97. The first-order chi connectivity index (χ1) is 5.77. The Hall–Kier alpha value is -0.610. The van der Waals surface area contributed by atoms with Crippen molar-refractivity contribution in [3.63, 3.8) is 0 Å². The van der Waals surface area contributed by atoms with Crippen LogP contribution in [-0.2, 0) is 9.63 Å². The van der Waals surface area contributed by atoms with Crippen molar-refractivity contribution in [3.8, 4) is 0 Å². The van der Waals surface area contributed by atoms with E-state index >= 15 is 0 Å². The molecule has 0 unspecified atom stereocenters. The molecular weight excluding hydrogens is 156 g/mol. The molecule has 0 aliphatic heterocycles. The lowest BCUT2D eigenvalue weighted by Gasteiger charge is -2.25. The maximum atomic E-state index is 11.2. The molecule has 0 bridgehead atoms. The molecule has 0 aromatic carbocycles. The number of rotatable bonds is 2. The van der Waals surface area contributed by atoms with Crippen LogP contribution < -0.4 is 11.2 Å². The molecule has 4 nitrogen and oxygen atoms in total. The van der Waals surface area contributed by atoms with Gasteiger partial charge in [0.1, 0.15) is 0 Å². The van der Waals surface area contributed by atoms with Gasteiger partial charge in [0.25, 0.3) is 0 Å². The minimum Gasteiger partial charge on any atom is -0.359 e. The van der Waals surface area contributed by atoms with E-state index in [1.54, 1.807) is 7.05 Å². The molecule has 0 saturated heterocycles. The van der Waals surface area contributed by atoms with E-state index in [1.807, 2.05) is 0 Å². The summed E-state index contributed by atoms with van der Waals surface area (Å²) in [5.41, 5.74) is 0. The van der Waals surface area contributed by atoms with E-state index < -0.39 is 0 Å². The van der Waals surface area contributed by atoms with E-state index in [4.69, 9.17) is 10.7 Å². The summed E-state index contributed by atoms with van der Waals surface area (Å²) in [6, 6.07) is 0. The molecule has 1 fully saturated rings. The topological polar surface area (TPSA) is 64.3 Å². The van der Waals surface area contributed by atoms with Crippen LogP contribution in [0, 0.1) is 5.92 Å². The van der Waals surface area contributed by atoms with E-state index in [2.05, 4.69) is 5.32 Å². The average molecular weight is 172 g/mol. The van der Waals surface area contributed by atoms with Gasteiger partial charge >= 0.3 is 0 Å². The molecule has 0 radical (unpaired) electrons. The number of carbonyl (C=O) groups is 1. The predicted octanol–water partition coefficient (Wildman–Crippen LogP) is 0.181. The maximum absolute atomic E-state index is 11.2.